The molecule has 1 aromatic rings. The maximum absolute atomic E-state index is 10.5. The lowest BCUT2D eigenvalue weighted by Crippen LogP contribution is -2.01. The molecule has 66 valence electrons. The lowest BCUT2D eigenvalue weighted by atomic mass is 10.2. The Kier molecular flexibility index (Phi) is 3.16. The molecule has 0 aromatic heterocycles. The highest BCUT2D eigenvalue weighted by molar-refractivity contribution is 8.27. The molecule has 0 aliphatic heterocycles. The fourth-order valence-electron chi connectivity index (χ4n) is 0.717. The van der Waals surface area contributed by atoms with Gasteiger partial charge in [0.2, 0.25) is 0 Å². The minimum atomic E-state index is -3.49. The number of hydrogen-bond donors (Lipinski definition) is 1. The Morgan fingerprint density at radius 1 is 1.42 bits per heavy atom. The Hall–Kier alpha value is -0.490. The van der Waals surface area contributed by atoms with Gasteiger partial charge >= 0.3 is 0 Å². The predicted molar refractivity (Wildman–Crippen MR) is 49.4 cm³/mol. The van der Waals surface area contributed by atoms with Crippen molar-refractivity contribution in [2.45, 2.75) is 6.61 Å². The molecule has 0 amide bonds. The second-order valence-electron chi connectivity index (χ2n) is 2.18. The van der Waals surface area contributed by atoms with Crippen LogP contribution in [0.1, 0.15) is 5.56 Å². The van der Waals surface area contributed by atoms with Crippen LogP contribution in [-0.4, -0.2) is 8.76 Å². The Bertz CT molecular complexity index is 331. The van der Waals surface area contributed by atoms with Crippen molar-refractivity contribution in [1.82, 2.24) is 0 Å². The summed E-state index contributed by atoms with van der Waals surface area (Å²) < 4.78 is 23.6. The summed E-state index contributed by atoms with van der Waals surface area (Å²) in [5, 5.41) is 0. The van der Waals surface area contributed by atoms with Crippen LogP contribution in [0, 0.1) is 0 Å². The first-order valence-corrected chi connectivity index (χ1v) is 5.60. The maximum Gasteiger partial charge on any atom is 0.266 e. The minimum absolute atomic E-state index is 0.0691. The summed E-state index contributed by atoms with van der Waals surface area (Å²) >= 11 is 4.15. The normalized spacial score (nSPS) is 15.4. The molecule has 1 rings (SSSR count). The highest BCUT2D eigenvalue weighted by Crippen LogP contribution is 2.02. The van der Waals surface area contributed by atoms with E-state index in [0.29, 0.717) is 0 Å². The predicted octanol–water partition coefficient (Wildman–Crippen LogP) is 1.34. The van der Waals surface area contributed by atoms with E-state index in [0.717, 1.165) is 5.56 Å². The molecule has 0 aliphatic carbocycles. The molecule has 0 saturated heterocycles. The summed E-state index contributed by atoms with van der Waals surface area (Å²) in [7, 11) is -3.49. The average Bonchev–Trinajstić information content (AvgIpc) is 2.02. The monoisotopic (exact) mass is 204 g/mol. The lowest BCUT2D eigenvalue weighted by Gasteiger charge is -2.00. The van der Waals surface area contributed by atoms with Crippen molar-refractivity contribution in [1.29, 1.82) is 0 Å². The smallest absolute Gasteiger partial charge is 0.266 e. The van der Waals surface area contributed by atoms with Crippen molar-refractivity contribution in [3.05, 3.63) is 35.9 Å². The summed E-state index contributed by atoms with van der Waals surface area (Å²) in [5.41, 5.74) is 0.823. The Morgan fingerprint density at radius 3 is 2.50 bits per heavy atom. The van der Waals surface area contributed by atoms with Crippen molar-refractivity contribution >= 4 is 20.2 Å². The summed E-state index contributed by atoms with van der Waals surface area (Å²) in [4.78, 5) is 0. The van der Waals surface area contributed by atoms with Gasteiger partial charge < -0.3 is 0 Å². The van der Waals surface area contributed by atoms with Crippen molar-refractivity contribution in [2.24, 2.45) is 0 Å². The highest BCUT2D eigenvalue weighted by Gasteiger charge is 1.99. The third-order valence-electron chi connectivity index (χ3n) is 1.22. The molecule has 3 nitrogen and oxygen atoms in total. The maximum atomic E-state index is 10.5. The zero-order chi connectivity index (χ0) is 9.03. The number of hydrogen-bond acceptors (Lipinski definition) is 3. The molecular weight excluding hydrogens is 196 g/mol. The van der Waals surface area contributed by atoms with Crippen LogP contribution in [0.4, 0.5) is 0 Å². The van der Waals surface area contributed by atoms with E-state index in [2.05, 4.69) is 15.4 Å². The fourth-order valence-corrected chi connectivity index (χ4v) is 1.15. The Labute approximate surface area is 76.1 Å². The van der Waals surface area contributed by atoms with Crippen LogP contribution in [0.25, 0.3) is 0 Å². The van der Waals surface area contributed by atoms with E-state index in [9.17, 15) is 4.21 Å². The molecule has 0 aliphatic rings. The summed E-state index contributed by atoms with van der Waals surface area (Å²) in [6, 6.07) is 9.08. The highest BCUT2D eigenvalue weighted by atomic mass is 32.9. The third kappa shape index (κ3) is 3.77. The summed E-state index contributed by atoms with van der Waals surface area (Å²) in [6.45, 7) is 0.0691. The van der Waals surface area contributed by atoms with Crippen molar-refractivity contribution in [3.8, 4) is 0 Å². The van der Waals surface area contributed by atoms with Gasteiger partial charge in [-0.2, -0.15) is 4.21 Å². The van der Waals surface area contributed by atoms with E-state index in [1.54, 1.807) is 12.1 Å². The van der Waals surface area contributed by atoms with E-state index in [1.807, 2.05) is 18.2 Å². The van der Waals surface area contributed by atoms with Gasteiger partial charge in [-0.15, -0.1) is 0 Å². The van der Waals surface area contributed by atoms with E-state index in [4.69, 9.17) is 4.55 Å². The summed E-state index contributed by atoms with van der Waals surface area (Å²) in [5.74, 6) is 0. The molecule has 1 unspecified atom stereocenters. The van der Waals surface area contributed by atoms with Crippen molar-refractivity contribution in [3.63, 3.8) is 0 Å². The molecule has 0 fully saturated rings. The van der Waals surface area contributed by atoms with Crippen molar-refractivity contribution < 1.29 is 12.9 Å². The first kappa shape index (κ1) is 9.60. The van der Waals surface area contributed by atoms with Crippen molar-refractivity contribution in [2.75, 3.05) is 0 Å². The van der Waals surface area contributed by atoms with Crippen LogP contribution < -0.4 is 0 Å². The van der Waals surface area contributed by atoms with Gasteiger partial charge in [0.25, 0.3) is 9.05 Å². The quantitative estimate of drug-likeness (QED) is 0.807. The molecule has 0 heterocycles. The van der Waals surface area contributed by atoms with E-state index in [1.165, 1.54) is 0 Å². The molecule has 1 N–H and O–H groups in total. The van der Waals surface area contributed by atoms with E-state index >= 15 is 0 Å². The average molecular weight is 204 g/mol. The standard InChI is InChI=1S/C7H8O3S2/c8-12(9,11)10-6-7-4-2-1-3-5-7/h1-5H,6H2,(H,8,9,11). The van der Waals surface area contributed by atoms with Gasteiger partial charge in [0, 0.05) is 11.2 Å². The lowest BCUT2D eigenvalue weighted by molar-refractivity contribution is 0.295. The molecule has 0 bridgehead atoms. The van der Waals surface area contributed by atoms with Gasteiger partial charge in [0.05, 0.1) is 6.61 Å². The molecular formula is C7H8O3S2. The topological polar surface area (TPSA) is 46.5 Å². The zero-order valence-corrected chi connectivity index (χ0v) is 7.81. The number of benzene rings is 1. The largest absolute Gasteiger partial charge is 0.285 e. The zero-order valence-electron chi connectivity index (χ0n) is 6.17. The van der Waals surface area contributed by atoms with Gasteiger partial charge in [0.15, 0.2) is 0 Å². The van der Waals surface area contributed by atoms with Crippen LogP contribution >= 0.6 is 0 Å². The number of rotatable bonds is 3. The van der Waals surface area contributed by atoms with E-state index in [-0.39, 0.29) is 6.61 Å². The second kappa shape index (κ2) is 3.95. The van der Waals surface area contributed by atoms with Crippen LogP contribution in [0.15, 0.2) is 30.3 Å². The molecule has 5 heteroatoms. The van der Waals surface area contributed by atoms with Crippen LogP contribution in [0.3, 0.4) is 0 Å². The van der Waals surface area contributed by atoms with Gasteiger partial charge in [-0.1, -0.05) is 30.3 Å². The minimum Gasteiger partial charge on any atom is -0.285 e. The molecule has 12 heavy (non-hydrogen) atoms. The molecule has 1 atom stereocenters. The summed E-state index contributed by atoms with van der Waals surface area (Å²) in [6.07, 6.45) is 0. The van der Waals surface area contributed by atoms with Crippen LogP contribution in [0.2, 0.25) is 0 Å². The van der Waals surface area contributed by atoms with Gasteiger partial charge in [0.1, 0.15) is 0 Å². The Morgan fingerprint density at radius 2 is 2.00 bits per heavy atom. The van der Waals surface area contributed by atoms with E-state index < -0.39 is 9.05 Å². The fraction of sp³-hybridized carbons (Fsp3) is 0.143. The molecule has 0 spiro atoms. The first-order valence-electron chi connectivity index (χ1n) is 3.24. The molecule has 0 saturated carbocycles. The first-order chi connectivity index (χ1) is 5.58. The SMILES string of the molecule is O=S(O)(=S)OCc1ccccc1. The molecule has 1 aromatic carbocycles. The third-order valence-corrected chi connectivity index (χ3v) is 1.92. The Balaban J connectivity index is 2.56. The van der Waals surface area contributed by atoms with Crippen LogP contribution in [0.5, 0.6) is 0 Å². The van der Waals surface area contributed by atoms with Gasteiger partial charge in [-0.05, 0) is 5.56 Å². The second-order valence-corrected chi connectivity index (χ2v) is 4.53. The molecule has 0 radical (unpaired) electrons. The van der Waals surface area contributed by atoms with Gasteiger partial charge in [-0.25, -0.2) is 0 Å². The van der Waals surface area contributed by atoms with Crippen LogP contribution in [-0.2, 0) is 31.0 Å². The van der Waals surface area contributed by atoms with Gasteiger partial charge in [-0.3, -0.25) is 8.74 Å².